The molecule has 0 radical (unpaired) electrons. The van der Waals surface area contributed by atoms with Crippen LogP contribution in [0.4, 0.5) is 17.2 Å². The Morgan fingerprint density at radius 2 is 1.58 bits per heavy atom. The van der Waals surface area contributed by atoms with Crippen LogP contribution in [-0.4, -0.2) is 10.9 Å². The second-order valence-electron chi connectivity index (χ2n) is 6.48. The van der Waals surface area contributed by atoms with E-state index in [1.165, 1.54) is 11.1 Å². The van der Waals surface area contributed by atoms with Crippen molar-refractivity contribution in [3.8, 4) is 0 Å². The molecule has 0 aliphatic heterocycles. The van der Waals surface area contributed by atoms with Gasteiger partial charge in [0, 0.05) is 5.69 Å². The van der Waals surface area contributed by atoms with E-state index in [9.17, 15) is 4.79 Å². The van der Waals surface area contributed by atoms with Crippen molar-refractivity contribution in [3.63, 3.8) is 0 Å². The molecule has 1 aromatic heterocycles. The maximum atomic E-state index is 12.2. The van der Waals surface area contributed by atoms with Crippen molar-refractivity contribution in [2.45, 2.75) is 27.2 Å². The summed E-state index contributed by atoms with van der Waals surface area (Å²) in [5.41, 5.74) is 6.25. The van der Waals surface area contributed by atoms with Crippen molar-refractivity contribution in [1.29, 1.82) is 0 Å². The number of para-hydroxylation sites is 1. The normalized spacial score (nSPS) is 10.4. The molecule has 2 N–H and O–H groups in total. The summed E-state index contributed by atoms with van der Waals surface area (Å²) in [5.74, 6) is 0.705. The van der Waals surface area contributed by atoms with Crippen LogP contribution in [-0.2, 0) is 11.2 Å². The van der Waals surface area contributed by atoms with Gasteiger partial charge < -0.3 is 10.6 Å². The molecule has 26 heavy (non-hydrogen) atoms. The van der Waals surface area contributed by atoms with Gasteiger partial charge in [-0.1, -0.05) is 42.5 Å². The smallest absolute Gasteiger partial charge is 0.228 e. The number of nitrogens with zero attached hydrogens (tertiary/aromatic N) is 1. The van der Waals surface area contributed by atoms with E-state index in [-0.39, 0.29) is 5.91 Å². The number of benzene rings is 2. The molecule has 0 unspecified atom stereocenters. The van der Waals surface area contributed by atoms with Gasteiger partial charge in [0.25, 0.3) is 0 Å². The van der Waals surface area contributed by atoms with Gasteiger partial charge in [0.1, 0.15) is 5.82 Å². The standard InChI is InChI=1S/C22H23N3O/c1-15-7-4-5-10-18(15)13-21(26)24-19-11-12-20(23-14-19)25-22-16(2)8-6-9-17(22)3/h4-12,14H,13H2,1-3H3,(H,23,25)(H,24,26). The van der Waals surface area contributed by atoms with E-state index in [0.29, 0.717) is 12.1 Å². The molecule has 0 atom stereocenters. The summed E-state index contributed by atoms with van der Waals surface area (Å²) in [7, 11) is 0. The second kappa shape index (κ2) is 7.83. The maximum absolute atomic E-state index is 12.2. The fourth-order valence-electron chi connectivity index (χ4n) is 2.87. The predicted octanol–water partition coefficient (Wildman–Crippen LogP) is 4.93. The van der Waals surface area contributed by atoms with Crippen LogP contribution in [0.25, 0.3) is 0 Å². The van der Waals surface area contributed by atoms with Gasteiger partial charge in [-0.15, -0.1) is 0 Å². The molecule has 2 aromatic carbocycles. The molecule has 0 aliphatic rings. The van der Waals surface area contributed by atoms with Crippen LogP contribution >= 0.6 is 0 Å². The number of hydrogen-bond donors (Lipinski definition) is 2. The summed E-state index contributed by atoms with van der Waals surface area (Å²) in [6.07, 6.45) is 2.03. The van der Waals surface area contributed by atoms with Gasteiger partial charge in [-0.3, -0.25) is 4.79 Å². The Kier molecular flexibility index (Phi) is 5.32. The van der Waals surface area contributed by atoms with Crippen LogP contribution in [0, 0.1) is 20.8 Å². The minimum Gasteiger partial charge on any atom is -0.340 e. The largest absolute Gasteiger partial charge is 0.340 e. The monoisotopic (exact) mass is 345 g/mol. The van der Waals surface area contributed by atoms with Crippen molar-refractivity contribution in [3.05, 3.63) is 83.0 Å². The summed E-state index contributed by atoms with van der Waals surface area (Å²) >= 11 is 0. The van der Waals surface area contributed by atoms with E-state index in [2.05, 4.69) is 41.6 Å². The van der Waals surface area contributed by atoms with Crippen molar-refractivity contribution in [2.24, 2.45) is 0 Å². The van der Waals surface area contributed by atoms with Crippen LogP contribution in [0.1, 0.15) is 22.3 Å². The molecule has 0 fully saturated rings. The molecule has 0 spiro atoms. The molecule has 0 aliphatic carbocycles. The first kappa shape index (κ1) is 17.7. The zero-order chi connectivity index (χ0) is 18.5. The van der Waals surface area contributed by atoms with E-state index in [4.69, 9.17) is 0 Å². The molecule has 4 nitrogen and oxygen atoms in total. The van der Waals surface area contributed by atoms with Gasteiger partial charge in [-0.2, -0.15) is 0 Å². The average molecular weight is 345 g/mol. The minimum absolute atomic E-state index is 0.0449. The number of amides is 1. The van der Waals surface area contributed by atoms with Gasteiger partial charge in [0.2, 0.25) is 5.91 Å². The molecule has 4 heteroatoms. The fraction of sp³-hybridized carbons (Fsp3) is 0.182. The Balaban J connectivity index is 1.64. The summed E-state index contributed by atoms with van der Waals surface area (Å²) in [6.45, 7) is 6.14. The highest BCUT2D eigenvalue weighted by Gasteiger charge is 2.07. The Morgan fingerprint density at radius 3 is 2.23 bits per heavy atom. The lowest BCUT2D eigenvalue weighted by atomic mass is 10.1. The first-order valence-corrected chi connectivity index (χ1v) is 8.66. The molecular formula is C22H23N3O. The first-order chi connectivity index (χ1) is 12.5. The van der Waals surface area contributed by atoms with E-state index >= 15 is 0 Å². The van der Waals surface area contributed by atoms with Crippen LogP contribution in [0.15, 0.2) is 60.8 Å². The van der Waals surface area contributed by atoms with E-state index in [1.807, 2.05) is 49.4 Å². The highest BCUT2D eigenvalue weighted by molar-refractivity contribution is 5.92. The van der Waals surface area contributed by atoms with E-state index in [1.54, 1.807) is 6.20 Å². The van der Waals surface area contributed by atoms with Gasteiger partial charge >= 0.3 is 0 Å². The van der Waals surface area contributed by atoms with Crippen LogP contribution < -0.4 is 10.6 Å². The SMILES string of the molecule is Cc1ccccc1CC(=O)Nc1ccc(Nc2c(C)cccc2C)nc1. The molecule has 1 amide bonds. The second-order valence-corrected chi connectivity index (χ2v) is 6.48. The predicted molar refractivity (Wildman–Crippen MR) is 107 cm³/mol. The quantitative estimate of drug-likeness (QED) is 0.689. The third kappa shape index (κ3) is 4.28. The summed E-state index contributed by atoms with van der Waals surface area (Å²) in [4.78, 5) is 16.7. The molecular weight excluding hydrogens is 322 g/mol. The lowest BCUT2D eigenvalue weighted by Crippen LogP contribution is -2.15. The van der Waals surface area contributed by atoms with E-state index < -0.39 is 0 Å². The molecule has 1 heterocycles. The first-order valence-electron chi connectivity index (χ1n) is 8.66. The number of hydrogen-bond acceptors (Lipinski definition) is 3. The van der Waals surface area contributed by atoms with Crippen molar-refractivity contribution in [1.82, 2.24) is 4.98 Å². The topological polar surface area (TPSA) is 54.0 Å². The van der Waals surface area contributed by atoms with Crippen LogP contribution in [0.5, 0.6) is 0 Å². The lowest BCUT2D eigenvalue weighted by molar-refractivity contribution is -0.115. The highest BCUT2D eigenvalue weighted by atomic mass is 16.1. The van der Waals surface area contributed by atoms with Crippen LogP contribution in [0.2, 0.25) is 0 Å². The number of aryl methyl sites for hydroxylation is 3. The lowest BCUT2D eigenvalue weighted by Gasteiger charge is -2.12. The Hall–Kier alpha value is -3.14. The third-order valence-electron chi connectivity index (χ3n) is 4.39. The number of aromatic nitrogens is 1. The van der Waals surface area contributed by atoms with E-state index in [0.717, 1.165) is 22.6 Å². The molecule has 3 rings (SSSR count). The van der Waals surface area contributed by atoms with Gasteiger partial charge in [-0.05, 0) is 55.2 Å². The van der Waals surface area contributed by atoms with Crippen molar-refractivity contribution < 1.29 is 4.79 Å². The number of pyridine rings is 1. The summed E-state index contributed by atoms with van der Waals surface area (Å²) in [6, 6.07) is 17.8. The molecule has 0 saturated heterocycles. The number of carbonyl (C=O) groups excluding carboxylic acids is 1. The fourth-order valence-corrected chi connectivity index (χ4v) is 2.87. The zero-order valence-electron chi connectivity index (χ0n) is 15.3. The molecule has 3 aromatic rings. The van der Waals surface area contributed by atoms with Gasteiger partial charge in [0.05, 0.1) is 18.3 Å². The molecule has 0 bridgehead atoms. The van der Waals surface area contributed by atoms with Crippen molar-refractivity contribution >= 4 is 23.1 Å². The third-order valence-corrected chi connectivity index (χ3v) is 4.39. The Morgan fingerprint density at radius 1 is 0.885 bits per heavy atom. The van der Waals surface area contributed by atoms with Crippen LogP contribution in [0.3, 0.4) is 0 Å². The van der Waals surface area contributed by atoms with Crippen molar-refractivity contribution in [2.75, 3.05) is 10.6 Å². The van der Waals surface area contributed by atoms with Gasteiger partial charge in [-0.25, -0.2) is 4.98 Å². The average Bonchev–Trinajstić information content (AvgIpc) is 2.62. The highest BCUT2D eigenvalue weighted by Crippen LogP contribution is 2.23. The molecule has 0 saturated carbocycles. The maximum Gasteiger partial charge on any atom is 0.228 e. The number of nitrogens with one attached hydrogen (secondary N) is 2. The summed E-state index contributed by atoms with van der Waals surface area (Å²) in [5, 5.41) is 6.25. The Labute approximate surface area is 154 Å². The summed E-state index contributed by atoms with van der Waals surface area (Å²) < 4.78 is 0. The number of carbonyl (C=O) groups is 1. The number of rotatable bonds is 5. The molecule has 132 valence electrons. The van der Waals surface area contributed by atoms with Gasteiger partial charge in [0.15, 0.2) is 0 Å². The zero-order valence-corrected chi connectivity index (χ0v) is 15.3. The minimum atomic E-state index is -0.0449. The number of anilines is 3. The Bertz CT molecular complexity index is 897.